The summed E-state index contributed by atoms with van der Waals surface area (Å²) in [5.74, 6) is 0.685. The average molecular weight is 312 g/mol. The number of aromatic nitrogens is 2. The summed E-state index contributed by atoms with van der Waals surface area (Å²) in [6, 6.07) is 8.67. The van der Waals surface area contributed by atoms with Crippen molar-refractivity contribution < 1.29 is 4.74 Å². The second kappa shape index (κ2) is 7.92. The summed E-state index contributed by atoms with van der Waals surface area (Å²) in [6.07, 6.45) is 7.88. The van der Waals surface area contributed by atoms with E-state index in [2.05, 4.69) is 32.3 Å². The maximum Gasteiger partial charge on any atom is 0.213 e. The first-order valence-electron chi connectivity index (χ1n) is 8.30. The molecule has 1 N–H and O–H groups in total. The summed E-state index contributed by atoms with van der Waals surface area (Å²) in [4.78, 5) is 10.9. The Labute approximate surface area is 137 Å². The molecule has 2 aromatic heterocycles. The van der Waals surface area contributed by atoms with Gasteiger partial charge in [0.2, 0.25) is 5.88 Å². The van der Waals surface area contributed by atoms with Crippen LogP contribution < -0.4 is 10.1 Å². The fraction of sp³-hybridized carbons (Fsp3) is 0.444. The topological polar surface area (TPSA) is 50.3 Å². The highest BCUT2D eigenvalue weighted by atomic mass is 16.5. The number of ether oxygens (including phenoxy) is 1. The van der Waals surface area contributed by atoms with Crippen molar-refractivity contribution in [3.63, 3.8) is 0 Å². The first kappa shape index (κ1) is 15.7. The molecule has 2 aromatic rings. The summed E-state index contributed by atoms with van der Waals surface area (Å²) >= 11 is 0. The Bertz CT molecular complexity index is 580. The molecule has 122 valence electrons. The second-order valence-electron chi connectivity index (χ2n) is 5.87. The van der Waals surface area contributed by atoms with Crippen molar-refractivity contribution in [1.29, 1.82) is 0 Å². The summed E-state index contributed by atoms with van der Waals surface area (Å²) < 4.78 is 5.37. The maximum atomic E-state index is 5.37. The van der Waals surface area contributed by atoms with Gasteiger partial charge in [-0.15, -0.1) is 0 Å². The van der Waals surface area contributed by atoms with Gasteiger partial charge in [-0.1, -0.05) is 0 Å². The lowest BCUT2D eigenvalue weighted by Crippen LogP contribution is -2.38. The normalized spacial score (nSPS) is 16.2. The van der Waals surface area contributed by atoms with E-state index >= 15 is 0 Å². The number of piperidine rings is 1. The average Bonchev–Trinajstić information content (AvgIpc) is 2.60. The van der Waals surface area contributed by atoms with Gasteiger partial charge in [-0.2, -0.15) is 0 Å². The smallest absolute Gasteiger partial charge is 0.213 e. The first-order valence-corrected chi connectivity index (χ1v) is 8.30. The van der Waals surface area contributed by atoms with E-state index in [4.69, 9.17) is 4.74 Å². The Hall–Kier alpha value is -2.14. The maximum absolute atomic E-state index is 5.37. The van der Waals surface area contributed by atoms with Crippen molar-refractivity contribution in [1.82, 2.24) is 14.9 Å². The molecule has 0 aromatic carbocycles. The lowest BCUT2D eigenvalue weighted by atomic mass is 10.0. The van der Waals surface area contributed by atoms with Crippen LogP contribution in [0.4, 0.5) is 5.69 Å². The minimum Gasteiger partial charge on any atom is -0.478 e. The Balaban J connectivity index is 1.45. The number of nitrogens with zero attached hydrogens (tertiary/aromatic N) is 3. The largest absolute Gasteiger partial charge is 0.478 e. The minimum atomic E-state index is 0.517. The van der Waals surface area contributed by atoms with E-state index in [1.54, 1.807) is 0 Å². The fourth-order valence-electron chi connectivity index (χ4n) is 2.92. The van der Waals surface area contributed by atoms with Crippen molar-refractivity contribution in [3.8, 4) is 5.88 Å². The van der Waals surface area contributed by atoms with Gasteiger partial charge in [0, 0.05) is 44.1 Å². The van der Waals surface area contributed by atoms with Crippen LogP contribution in [-0.4, -0.2) is 40.6 Å². The van der Waals surface area contributed by atoms with Crippen molar-refractivity contribution >= 4 is 5.69 Å². The van der Waals surface area contributed by atoms with Crippen LogP contribution in [0.1, 0.15) is 25.3 Å². The molecule has 3 heterocycles. The molecule has 1 aliphatic heterocycles. The van der Waals surface area contributed by atoms with E-state index in [0.717, 1.165) is 38.2 Å². The standard InChI is InChI=1S/C18H24N4O/c1-2-23-18-4-3-17(13-20-18)21-16-7-11-22(12-8-16)14-15-5-9-19-10-6-15/h3-6,9-10,13,16,21H,2,7-8,11-12,14H2,1H3. The van der Waals surface area contributed by atoms with E-state index < -0.39 is 0 Å². The summed E-state index contributed by atoms with van der Waals surface area (Å²) in [7, 11) is 0. The van der Waals surface area contributed by atoms with E-state index in [1.807, 2.05) is 37.6 Å². The number of rotatable bonds is 6. The zero-order chi connectivity index (χ0) is 15.9. The highest BCUT2D eigenvalue weighted by Crippen LogP contribution is 2.19. The molecule has 3 rings (SSSR count). The van der Waals surface area contributed by atoms with Gasteiger partial charge < -0.3 is 10.1 Å². The number of likely N-dealkylation sites (tertiary alicyclic amines) is 1. The molecular formula is C18H24N4O. The molecule has 0 bridgehead atoms. The Morgan fingerprint density at radius 2 is 1.96 bits per heavy atom. The van der Waals surface area contributed by atoms with Crippen molar-refractivity contribution in [3.05, 3.63) is 48.4 Å². The zero-order valence-electron chi connectivity index (χ0n) is 13.6. The molecule has 0 radical (unpaired) electrons. The number of hydrogen-bond donors (Lipinski definition) is 1. The quantitative estimate of drug-likeness (QED) is 0.889. The highest BCUT2D eigenvalue weighted by Gasteiger charge is 2.19. The first-order chi connectivity index (χ1) is 11.3. The lowest BCUT2D eigenvalue weighted by Gasteiger charge is -2.32. The van der Waals surface area contributed by atoms with E-state index in [1.165, 1.54) is 5.56 Å². The minimum absolute atomic E-state index is 0.517. The number of nitrogens with one attached hydrogen (secondary N) is 1. The van der Waals surface area contributed by atoms with E-state index in [-0.39, 0.29) is 0 Å². The van der Waals surface area contributed by atoms with Crippen LogP contribution in [0.3, 0.4) is 0 Å². The molecule has 0 unspecified atom stereocenters. The third-order valence-electron chi connectivity index (χ3n) is 4.14. The zero-order valence-corrected chi connectivity index (χ0v) is 13.6. The number of hydrogen-bond acceptors (Lipinski definition) is 5. The van der Waals surface area contributed by atoms with Gasteiger partial charge in [0.15, 0.2) is 0 Å². The molecule has 0 atom stereocenters. The third-order valence-corrected chi connectivity index (χ3v) is 4.14. The molecule has 0 spiro atoms. The van der Waals surface area contributed by atoms with Gasteiger partial charge in [0.1, 0.15) is 0 Å². The fourth-order valence-corrected chi connectivity index (χ4v) is 2.92. The van der Waals surface area contributed by atoms with Gasteiger partial charge in [-0.25, -0.2) is 4.98 Å². The molecule has 1 aliphatic rings. The van der Waals surface area contributed by atoms with Crippen LogP contribution in [-0.2, 0) is 6.54 Å². The Kier molecular flexibility index (Phi) is 5.42. The Morgan fingerprint density at radius 1 is 1.17 bits per heavy atom. The van der Waals surface area contributed by atoms with Crippen LogP contribution in [0.25, 0.3) is 0 Å². The molecule has 5 nitrogen and oxygen atoms in total. The van der Waals surface area contributed by atoms with Crippen molar-refractivity contribution in [2.75, 3.05) is 25.0 Å². The molecule has 5 heteroatoms. The SMILES string of the molecule is CCOc1ccc(NC2CCN(Cc3ccncc3)CC2)cn1. The summed E-state index contributed by atoms with van der Waals surface area (Å²) in [5, 5.41) is 3.58. The van der Waals surface area contributed by atoms with Crippen LogP contribution in [0.15, 0.2) is 42.9 Å². The van der Waals surface area contributed by atoms with Gasteiger partial charge in [0.05, 0.1) is 18.5 Å². The predicted molar refractivity (Wildman–Crippen MR) is 91.6 cm³/mol. The molecule has 0 amide bonds. The number of pyridine rings is 2. The highest BCUT2D eigenvalue weighted by molar-refractivity contribution is 5.43. The van der Waals surface area contributed by atoms with Gasteiger partial charge in [-0.3, -0.25) is 9.88 Å². The monoisotopic (exact) mass is 312 g/mol. The molecular weight excluding hydrogens is 288 g/mol. The molecule has 0 aliphatic carbocycles. The third kappa shape index (κ3) is 4.66. The van der Waals surface area contributed by atoms with E-state index in [9.17, 15) is 0 Å². The van der Waals surface area contributed by atoms with Crippen molar-refractivity contribution in [2.45, 2.75) is 32.4 Å². The lowest BCUT2D eigenvalue weighted by molar-refractivity contribution is 0.211. The summed E-state index contributed by atoms with van der Waals surface area (Å²) in [5.41, 5.74) is 2.41. The number of anilines is 1. The van der Waals surface area contributed by atoms with Gasteiger partial charge in [-0.05, 0) is 43.5 Å². The van der Waals surface area contributed by atoms with Crippen LogP contribution >= 0.6 is 0 Å². The van der Waals surface area contributed by atoms with E-state index in [0.29, 0.717) is 18.5 Å². The molecule has 1 fully saturated rings. The Morgan fingerprint density at radius 3 is 2.61 bits per heavy atom. The van der Waals surface area contributed by atoms with Crippen LogP contribution in [0.2, 0.25) is 0 Å². The predicted octanol–water partition coefficient (Wildman–Crippen LogP) is 2.95. The molecule has 1 saturated heterocycles. The van der Waals surface area contributed by atoms with Gasteiger partial charge >= 0.3 is 0 Å². The second-order valence-corrected chi connectivity index (χ2v) is 5.87. The molecule has 23 heavy (non-hydrogen) atoms. The van der Waals surface area contributed by atoms with Gasteiger partial charge in [0.25, 0.3) is 0 Å². The van der Waals surface area contributed by atoms with Crippen LogP contribution in [0.5, 0.6) is 5.88 Å². The van der Waals surface area contributed by atoms with Crippen LogP contribution in [0, 0.1) is 0 Å². The molecule has 0 saturated carbocycles. The van der Waals surface area contributed by atoms with Crippen molar-refractivity contribution in [2.24, 2.45) is 0 Å². The summed E-state index contributed by atoms with van der Waals surface area (Å²) in [6.45, 7) is 5.86.